The number of benzene rings is 1. The Morgan fingerprint density at radius 1 is 1.44 bits per heavy atom. The standard InChI is InChI=1S/C11H10ClFN2O/c1-14-9-4-8(13)3-6-2-7(5-12)11(16)15-10(6)9/h2-4,14H,5H2,1H3,(H,15,16). The molecular formula is C11H10ClFN2O. The zero-order valence-electron chi connectivity index (χ0n) is 8.60. The van der Waals surface area contributed by atoms with E-state index in [0.717, 1.165) is 0 Å². The second-order valence-corrected chi connectivity index (χ2v) is 3.69. The predicted molar refractivity (Wildman–Crippen MR) is 63.6 cm³/mol. The van der Waals surface area contributed by atoms with Crippen LogP contribution < -0.4 is 10.9 Å². The van der Waals surface area contributed by atoms with E-state index in [1.165, 1.54) is 12.1 Å². The molecular weight excluding hydrogens is 231 g/mol. The number of hydrogen-bond acceptors (Lipinski definition) is 2. The molecule has 1 heterocycles. The molecule has 0 aliphatic heterocycles. The second kappa shape index (κ2) is 4.14. The Morgan fingerprint density at radius 3 is 2.81 bits per heavy atom. The van der Waals surface area contributed by atoms with Gasteiger partial charge in [-0.3, -0.25) is 4.79 Å². The molecule has 84 valence electrons. The van der Waals surface area contributed by atoms with E-state index in [1.807, 2.05) is 0 Å². The van der Waals surface area contributed by atoms with Crippen LogP contribution in [0.15, 0.2) is 23.0 Å². The maximum atomic E-state index is 13.3. The number of H-pyrrole nitrogens is 1. The van der Waals surface area contributed by atoms with Gasteiger partial charge in [0.25, 0.3) is 5.56 Å². The highest BCUT2D eigenvalue weighted by atomic mass is 35.5. The van der Waals surface area contributed by atoms with Crippen LogP contribution in [0.2, 0.25) is 0 Å². The minimum atomic E-state index is -0.357. The molecule has 0 saturated heterocycles. The first-order valence-corrected chi connectivity index (χ1v) is 5.28. The van der Waals surface area contributed by atoms with Crippen molar-refractivity contribution < 1.29 is 4.39 Å². The lowest BCUT2D eigenvalue weighted by Gasteiger charge is -2.07. The Labute approximate surface area is 96.2 Å². The topological polar surface area (TPSA) is 44.9 Å². The molecule has 2 rings (SSSR count). The fourth-order valence-electron chi connectivity index (χ4n) is 1.62. The highest BCUT2D eigenvalue weighted by Gasteiger charge is 2.07. The summed E-state index contributed by atoms with van der Waals surface area (Å²) in [4.78, 5) is 14.2. The van der Waals surface area contributed by atoms with Crippen LogP contribution >= 0.6 is 11.6 Å². The zero-order chi connectivity index (χ0) is 11.7. The van der Waals surface area contributed by atoms with Gasteiger partial charge >= 0.3 is 0 Å². The molecule has 0 unspecified atom stereocenters. The number of pyridine rings is 1. The first kappa shape index (κ1) is 11.0. The first-order chi connectivity index (χ1) is 7.65. The molecule has 0 radical (unpaired) electrons. The van der Waals surface area contributed by atoms with Crippen LogP contribution in [0.25, 0.3) is 10.9 Å². The normalized spacial score (nSPS) is 10.7. The molecule has 2 aromatic rings. The van der Waals surface area contributed by atoms with Crippen LogP contribution in [0.5, 0.6) is 0 Å². The predicted octanol–water partition coefficient (Wildman–Crippen LogP) is 2.45. The SMILES string of the molecule is CNc1cc(F)cc2cc(CCl)c(=O)[nH]c12. The van der Waals surface area contributed by atoms with Crippen molar-refractivity contribution in [1.29, 1.82) is 0 Å². The van der Waals surface area contributed by atoms with Crippen molar-refractivity contribution in [2.24, 2.45) is 0 Å². The average molecular weight is 241 g/mol. The third-order valence-corrected chi connectivity index (χ3v) is 2.69. The molecule has 0 amide bonds. The number of hydrogen-bond donors (Lipinski definition) is 2. The molecule has 16 heavy (non-hydrogen) atoms. The van der Waals surface area contributed by atoms with E-state index in [9.17, 15) is 9.18 Å². The van der Waals surface area contributed by atoms with Crippen molar-refractivity contribution >= 4 is 28.2 Å². The quantitative estimate of drug-likeness (QED) is 0.792. The van der Waals surface area contributed by atoms with Gasteiger partial charge in [-0.05, 0) is 18.2 Å². The van der Waals surface area contributed by atoms with Gasteiger partial charge in [0.05, 0.1) is 17.1 Å². The first-order valence-electron chi connectivity index (χ1n) is 4.75. The van der Waals surface area contributed by atoms with Crippen LogP contribution in [0, 0.1) is 5.82 Å². The Kier molecular flexibility index (Phi) is 2.83. The van der Waals surface area contributed by atoms with Gasteiger partial charge in [-0.1, -0.05) is 0 Å². The van der Waals surface area contributed by atoms with Crippen molar-refractivity contribution in [3.63, 3.8) is 0 Å². The minimum Gasteiger partial charge on any atom is -0.386 e. The van der Waals surface area contributed by atoms with Gasteiger partial charge in [-0.25, -0.2) is 4.39 Å². The van der Waals surface area contributed by atoms with Gasteiger partial charge in [0.2, 0.25) is 0 Å². The Balaban J connectivity index is 2.84. The van der Waals surface area contributed by atoms with E-state index < -0.39 is 0 Å². The summed E-state index contributed by atoms with van der Waals surface area (Å²) < 4.78 is 13.3. The van der Waals surface area contributed by atoms with Gasteiger partial charge in [0, 0.05) is 18.0 Å². The minimum absolute atomic E-state index is 0.108. The van der Waals surface area contributed by atoms with E-state index in [0.29, 0.717) is 22.2 Å². The van der Waals surface area contributed by atoms with Crippen molar-refractivity contribution in [2.45, 2.75) is 5.88 Å². The van der Waals surface area contributed by atoms with Gasteiger partial charge in [0.15, 0.2) is 0 Å². The largest absolute Gasteiger partial charge is 0.386 e. The zero-order valence-corrected chi connectivity index (χ0v) is 9.36. The summed E-state index contributed by atoms with van der Waals surface area (Å²) in [5.74, 6) is -0.249. The van der Waals surface area contributed by atoms with E-state index >= 15 is 0 Å². The van der Waals surface area contributed by atoms with E-state index in [4.69, 9.17) is 11.6 Å². The highest BCUT2D eigenvalue weighted by Crippen LogP contribution is 2.22. The number of rotatable bonds is 2. The summed E-state index contributed by atoms with van der Waals surface area (Å²) in [5, 5.41) is 3.46. The van der Waals surface area contributed by atoms with Crippen LogP contribution in [-0.4, -0.2) is 12.0 Å². The van der Waals surface area contributed by atoms with Crippen LogP contribution in [-0.2, 0) is 5.88 Å². The number of aromatic nitrogens is 1. The molecule has 1 aromatic carbocycles. The number of alkyl halides is 1. The summed E-state index contributed by atoms with van der Waals surface area (Å²) in [5.41, 5.74) is 1.32. The number of fused-ring (bicyclic) bond motifs is 1. The summed E-state index contributed by atoms with van der Waals surface area (Å²) in [7, 11) is 1.67. The van der Waals surface area contributed by atoms with Gasteiger partial charge in [-0.2, -0.15) is 0 Å². The smallest absolute Gasteiger partial charge is 0.252 e. The molecule has 1 aromatic heterocycles. The highest BCUT2D eigenvalue weighted by molar-refractivity contribution is 6.17. The van der Waals surface area contributed by atoms with Crippen LogP contribution in [0.3, 0.4) is 0 Å². The monoisotopic (exact) mass is 240 g/mol. The number of halogens is 2. The molecule has 0 aliphatic rings. The van der Waals surface area contributed by atoms with Crippen molar-refractivity contribution in [3.05, 3.63) is 39.9 Å². The Hall–Kier alpha value is -1.55. The molecule has 0 aliphatic carbocycles. The summed E-state index contributed by atoms with van der Waals surface area (Å²) >= 11 is 5.62. The van der Waals surface area contributed by atoms with E-state index in [1.54, 1.807) is 13.1 Å². The molecule has 0 bridgehead atoms. The Bertz CT molecular complexity index is 594. The van der Waals surface area contributed by atoms with Crippen molar-refractivity contribution in [2.75, 3.05) is 12.4 Å². The summed E-state index contributed by atoms with van der Waals surface area (Å²) in [6.07, 6.45) is 0. The number of aromatic amines is 1. The molecule has 0 spiro atoms. The number of nitrogens with one attached hydrogen (secondary N) is 2. The van der Waals surface area contributed by atoms with Crippen molar-refractivity contribution in [3.8, 4) is 0 Å². The second-order valence-electron chi connectivity index (χ2n) is 3.42. The molecule has 0 saturated carbocycles. The Morgan fingerprint density at radius 2 is 2.19 bits per heavy atom. The summed E-state index contributed by atoms with van der Waals surface area (Å²) in [6.45, 7) is 0. The lowest BCUT2D eigenvalue weighted by atomic mass is 10.1. The van der Waals surface area contributed by atoms with Crippen LogP contribution in [0.1, 0.15) is 5.56 Å². The number of anilines is 1. The maximum absolute atomic E-state index is 13.3. The molecule has 2 N–H and O–H groups in total. The third kappa shape index (κ3) is 1.76. The maximum Gasteiger partial charge on any atom is 0.252 e. The molecule has 0 atom stereocenters. The van der Waals surface area contributed by atoms with E-state index in [-0.39, 0.29) is 17.3 Å². The third-order valence-electron chi connectivity index (χ3n) is 2.41. The lowest BCUT2D eigenvalue weighted by molar-refractivity contribution is 0.630. The van der Waals surface area contributed by atoms with Crippen molar-refractivity contribution in [1.82, 2.24) is 4.98 Å². The average Bonchev–Trinajstić information content (AvgIpc) is 2.28. The molecule has 3 nitrogen and oxygen atoms in total. The lowest BCUT2D eigenvalue weighted by Crippen LogP contribution is -2.11. The van der Waals surface area contributed by atoms with Crippen LogP contribution in [0.4, 0.5) is 10.1 Å². The molecule has 0 fully saturated rings. The fraction of sp³-hybridized carbons (Fsp3) is 0.182. The van der Waals surface area contributed by atoms with Gasteiger partial charge < -0.3 is 10.3 Å². The van der Waals surface area contributed by atoms with Gasteiger partial charge in [-0.15, -0.1) is 11.6 Å². The fourth-order valence-corrected chi connectivity index (χ4v) is 1.82. The van der Waals surface area contributed by atoms with E-state index in [2.05, 4.69) is 10.3 Å². The summed E-state index contributed by atoms with van der Waals surface area (Å²) in [6, 6.07) is 4.30. The molecule has 5 heteroatoms. The van der Waals surface area contributed by atoms with Gasteiger partial charge in [0.1, 0.15) is 5.82 Å².